The van der Waals surface area contributed by atoms with Crippen molar-refractivity contribution in [3.05, 3.63) is 15.6 Å². The molecular weight excluding hydrogens is 244 g/mol. The molecule has 3 nitrogen and oxygen atoms in total. The Bertz CT molecular complexity index is 373. The van der Waals surface area contributed by atoms with Gasteiger partial charge in [0.05, 0.1) is 18.3 Å². The maximum absolute atomic E-state index is 5.12. The van der Waals surface area contributed by atoms with Crippen LogP contribution in [0.5, 0.6) is 0 Å². The minimum absolute atomic E-state index is 0.180. The molecule has 0 saturated carbocycles. The van der Waals surface area contributed by atoms with Crippen molar-refractivity contribution >= 4 is 11.3 Å². The standard InChI is InChI=1S/C14H24N2OS/c1-14(2,3)12(15-8-9-17-4)13-16-10-6-5-7-11(10)18-13/h12,15H,5-9H2,1-4H3. The van der Waals surface area contributed by atoms with E-state index in [4.69, 9.17) is 9.72 Å². The van der Waals surface area contributed by atoms with Gasteiger partial charge < -0.3 is 10.1 Å². The summed E-state index contributed by atoms with van der Waals surface area (Å²) in [4.78, 5) is 6.36. The van der Waals surface area contributed by atoms with Crippen molar-refractivity contribution in [1.29, 1.82) is 0 Å². The fraction of sp³-hybridized carbons (Fsp3) is 0.786. The van der Waals surface area contributed by atoms with Crippen LogP contribution in [0.3, 0.4) is 0 Å². The second-order valence-corrected chi connectivity index (χ2v) is 7.14. The molecule has 0 fully saturated rings. The van der Waals surface area contributed by atoms with E-state index < -0.39 is 0 Å². The second kappa shape index (κ2) is 5.68. The Hall–Kier alpha value is -0.450. The molecule has 1 atom stereocenters. The van der Waals surface area contributed by atoms with E-state index in [-0.39, 0.29) is 5.41 Å². The molecule has 0 spiro atoms. The molecule has 1 N–H and O–H groups in total. The molecule has 4 heteroatoms. The topological polar surface area (TPSA) is 34.1 Å². The summed E-state index contributed by atoms with van der Waals surface area (Å²) in [5.41, 5.74) is 1.53. The molecule has 1 aliphatic carbocycles. The van der Waals surface area contributed by atoms with Crippen LogP contribution >= 0.6 is 11.3 Å². The third-order valence-electron chi connectivity index (χ3n) is 3.38. The van der Waals surface area contributed by atoms with Crippen molar-refractivity contribution in [2.45, 2.75) is 46.1 Å². The number of nitrogens with zero attached hydrogens (tertiary/aromatic N) is 1. The van der Waals surface area contributed by atoms with E-state index in [2.05, 4.69) is 26.1 Å². The summed E-state index contributed by atoms with van der Waals surface area (Å²) in [5, 5.41) is 4.84. The van der Waals surface area contributed by atoms with Crippen LogP contribution in [0.25, 0.3) is 0 Å². The Morgan fingerprint density at radius 2 is 2.17 bits per heavy atom. The third kappa shape index (κ3) is 3.11. The van der Waals surface area contributed by atoms with Crippen LogP contribution in [-0.4, -0.2) is 25.2 Å². The van der Waals surface area contributed by atoms with Gasteiger partial charge in [0.25, 0.3) is 0 Å². The van der Waals surface area contributed by atoms with Gasteiger partial charge in [-0.05, 0) is 24.7 Å². The van der Waals surface area contributed by atoms with Crippen molar-refractivity contribution < 1.29 is 4.74 Å². The Labute approximate surface area is 114 Å². The van der Waals surface area contributed by atoms with Crippen LogP contribution in [0.4, 0.5) is 0 Å². The van der Waals surface area contributed by atoms with E-state index in [9.17, 15) is 0 Å². The highest BCUT2D eigenvalue weighted by atomic mass is 32.1. The molecule has 0 aromatic carbocycles. The molecule has 102 valence electrons. The number of hydrogen-bond acceptors (Lipinski definition) is 4. The molecule has 0 aliphatic heterocycles. The van der Waals surface area contributed by atoms with Crippen LogP contribution in [0.1, 0.15) is 48.8 Å². The van der Waals surface area contributed by atoms with E-state index in [0.717, 1.165) is 13.2 Å². The van der Waals surface area contributed by atoms with Crippen LogP contribution < -0.4 is 5.32 Å². The van der Waals surface area contributed by atoms with Crippen molar-refractivity contribution in [2.24, 2.45) is 5.41 Å². The summed E-state index contributed by atoms with van der Waals surface area (Å²) >= 11 is 1.90. The van der Waals surface area contributed by atoms with Gasteiger partial charge in [0, 0.05) is 18.5 Å². The smallest absolute Gasteiger partial charge is 0.111 e. The molecular formula is C14H24N2OS. The Balaban J connectivity index is 2.12. The molecule has 0 radical (unpaired) electrons. The normalized spacial score (nSPS) is 16.9. The van der Waals surface area contributed by atoms with Gasteiger partial charge in [0.15, 0.2) is 0 Å². The highest BCUT2D eigenvalue weighted by Crippen LogP contribution is 2.38. The van der Waals surface area contributed by atoms with Gasteiger partial charge in [-0.1, -0.05) is 20.8 Å². The van der Waals surface area contributed by atoms with Crippen LogP contribution in [0.2, 0.25) is 0 Å². The van der Waals surface area contributed by atoms with Gasteiger partial charge in [-0.25, -0.2) is 4.98 Å². The lowest BCUT2D eigenvalue weighted by Crippen LogP contribution is -2.34. The fourth-order valence-corrected chi connectivity index (χ4v) is 3.88. The zero-order valence-corrected chi connectivity index (χ0v) is 12.7. The summed E-state index contributed by atoms with van der Waals surface area (Å²) in [5.74, 6) is 0. The van der Waals surface area contributed by atoms with Crippen LogP contribution in [0.15, 0.2) is 0 Å². The highest BCUT2D eigenvalue weighted by molar-refractivity contribution is 7.11. The number of thiazole rings is 1. The number of aromatic nitrogens is 1. The molecule has 0 bridgehead atoms. The van der Waals surface area contributed by atoms with Gasteiger partial charge >= 0.3 is 0 Å². The first-order valence-electron chi connectivity index (χ1n) is 6.73. The molecule has 1 unspecified atom stereocenters. The van der Waals surface area contributed by atoms with Crippen molar-refractivity contribution in [1.82, 2.24) is 10.3 Å². The SMILES string of the molecule is COCCNC(c1nc2c(s1)CCC2)C(C)(C)C. The number of rotatable bonds is 5. The maximum Gasteiger partial charge on any atom is 0.111 e. The highest BCUT2D eigenvalue weighted by Gasteiger charge is 2.30. The monoisotopic (exact) mass is 268 g/mol. The molecule has 1 aromatic heterocycles. The van der Waals surface area contributed by atoms with E-state index >= 15 is 0 Å². The average Bonchev–Trinajstić information content (AvgIpc) is 2.82. The zero-order valence-electron chi connectivity index (χ0n) is 11.9. The number of fused-ring (bicyclic) bond motifs is 1. The van der Waals surface area contributed by atoms with Crippen molar-refractivity contribution in [2.75, 3.05) is 20.3 Å². The Morgan fingerprint density at radius 3 is 2.78 bits per heavy atom. The van der Waals surface area contributed by atoms with E-state index in [0.29, 0.717) is 6.04 Å². The lowest BCUT2D eigenvalue weighted by Gasteiger charge is -2.30. The lowest BCUT2D eigenvalue weighted by atomic mass is 9.87. The Kier molecular flexibility index (Phi) is 4.41. The summed E-state index contributed by atoms with van der Waals surface area (Å²) in [6.45, 7) is 8.43. The summed E-state index contributed by atoms with van der Waals surface area (Å²) in [7, 11) is 1.74. The lowest BCUT2D eigenvalue weighted by molar-refractivity contribution is 0.181. The minimum Gasteiger partial charge on any atom is -0.383 e. The molecule has 1 aromatic rings. The third-order valence-corrected chi connectivity index (χ3v) is 4.60. The Morgan fingerprint density at radius 1 is 1.39 bits per heavy atom. The largest absolute Gasteiger partial charge is 0.383 e. The zero-order chi connectivity index (χ0) is 13.2. The number of nitrogens with one attached hydrogen (secondary N) is 1. The second-order valence-electron chi connectivity index (χ2n) is 6.02. The summed E-state index contributed by atoms with van der Waals surface area (Å²) < 4.78 is 5.12. The minimum atomic E-state index is 0.180. The van der Waals surface area contributed by atoms with Crippen LogP contribution in [0, 0.1) is 5.41 Å². The van der Waals surface area contributed by atoms with Crippen LogP contribution in [-0.2, 0) is 17.6 Å². The van der Waals surface area contributed by atoms with Gasteiger partial charge in [-0.3, -0.25) is 0 Å². The number of methoxy groups -OCH3 is 1. The quantitative estimate of drug-likeness (QED) is 0.834. The average molecular weight is 268 g/mol. The van der Waals surface area contributed by atoms with Gasteiger partial charge in [0.2, 0.25) is 0 Å². The first-order chi connectivity index (χ1) is 8.52. The predicted molar refractivity (Wildman–Crippen MR) is 76.2 cm³/mol. The van der Waals surface area contributed by atoms with Gasteiger partial charge in [-0.2, -0.15) is 0 Å². The molecule has 0 saturated heterocycles. The summed E-state index contributed by atoms with van der Waals surface area (Å²) in [6, 6.07) is 0.322. The molecule has 1 aliphatic rings. The first-order valence-corrected chi connectivity index (χ1v) is 7.55. The van der Waals surface area contributed by atoms with E-state index in [1.807, 2.05) is 11.3 Å². The number of ether oxygens (including phenoxy) is 1. The van der Waals surface area contributed by atoms with E-state index in [1.54, 1.807) is 7.11 Å². The molecule has 0 amide bonds. The summed E-state index contributed by atoms with van der Waals surface area (Å²) in [6.07, 6.45) is 3.68. The number of hydrogen-bond donors (Lipinski definition) is 1. The van der Waals surface area contributed by atoms with E-state index in [1.165, 1.54) is 34.8 Å². The molecule has 2 rings (SSSR count). The van der Waals surface area contributed by atoms with Crippen molar-refractivity contribution in [3.8, 4) is 0 Å². The predicted octanol–water partition coefficient (Wildman–Crippen LogP) is 2.96. The number of aryl methyl sites for hydroxylation is 2. The molecule has 18 heavy (non-hydrogen) atoms. The van der Waals surface area contributed by atoms with Gasteiger partial charge in [0.1, 0.15) is 5.01 Å². The molecule has 1 heterocycles. The van der Waals surface area contributed by atoms with Crippen molar-refractivity contribution in [3.63, 3.8) is 0 Å². The fourth-order valence-electron chi connectivity index (χ4n) is 2.40. The first kappa shape index (κ1) is 14.0. The maximum atomic E-state index is 5.12. The van der Waals surface area contributed by atoms with Gasteiger partial charge in [-0.15, -0.1) is 11.3 Å².